The molecule has 0 saturated carbocycles. The van der Waals surface area contributed by atoms with Gasteiger partial charge in [0.05, 0.1) is 14.2 Å². The Morgan fingerprint density at radius 1 is 0.853 bits per heavy atom. The molecule has 0 unspecified atom stereocenters. The van der Waals surface area contributed by atoms with Gasteiger partial charge in [0.1, 0.15) is 5.75 Å². The van der Waals surface area contributed by atoms with Crippen LogP contribution in [0.15, 0.2) is 48.5 Å². The van der Waals surface area contributed by atoms with Crippen molar-refractivity contribution in [1.29, 1.82) is 0 Å². The van der Waals surface area contributed by atoms with Gasteiger partial charge in [-0.15, -0.1) is 0 Å². The minimum absolute atomic E-state index is 0.400. The molecule has 0 atom stereocenters. The van der Waals surface area contributed by atoms with Crippen LogP contribution >= 0.6 is 0 Å². The van der Waals surface area contributed by atoms with Crippen LogP contribution in [-0.2, 0) is 29.2 Å². The Balaban J connectivity index is 1.98. The summed E-state index contributed by atoms with van der Waals surface area (Å²) in [6, 6.07) is 15.4. The standard InChI is InChI=1S/C27H38O6Si/c1-6-31-34(32-7-2,33-8-3)20-10-9-11-22-12-14-23(15-13-22)25-17-16-24(26(21-25)29-4)18-19-27(28)30-5/h12-19,21H,6-11,20H2,1-5H3. The van der Waals surface area contributed by atoms with E-state index in [1.807, 2.05) is 39.0 Å². The number of hydrogen-bond acceptors (Lipinski definition) is 6. The molecule has 0 fully saturated rings. The summed E-state index contributed by atoms with van der Waals surface area (Å²) in [4.78, 5) is 11.4. The molecule has 186 valence electrons. The molecule has 2 rings (SSSR count). The third-order valence-corrected chi connectivity index (χ3v) is 8.56. The minimum atomic E-state index is -2.56. The van der Waals surface area contributed by atoms with E-state index in [9.17, 15) is 4.79 Å². The molecule has 0 radical (unpaired) electrons. The summed E-state index contributed by atoms with van der Waals surface area (Å²) >= 11 is 0. The molecule has 0 aliphatic heterocycles. The van der Waals surface area contributed by atoms with E-state index in [2.05, 4.69) is 29.0 Å². The Morgan fingerprint density at radius 2 is 1.47 bits per heavy atom. The lowest BCUT2D eigenvalue weighted by molar-refractivity contribution is -0.134. The Hall–Kier alpha value is -2.45. The van der Waals surface area contributed by atoms with E-state index in [1.54, 1.807) is 13.2 Å². The predicted octanol–water partition coefficient (Wildman–Crippen LogP) is 5.92. The van der Waals surface area contributed by atoms with E-state index in [4.69, 9.17) is 18.0 Å². The van der Waals surface area contributed by atoms with E-state index < -0.39 is 14.8 Å². The normalized spacial score (nSPS) is 11.7. The second-order valence-electron chi connectivity index (χ2n) is 7.70. The van der Waals surface area contributed by atoms with Gasteiger partial charge < -0.3 is 22.8 Å². The highest BCUT2D eigenvalue weighted by Crippen LogP contribution is 2.29. The minimum Gasteiger partial charge on any atom is -0.496 e. The van der Waals surface area contributed by atoms with Crippen molar-refractivity contribution in [1.82, 2.24) is 0 Å². The first-order valence-corrected chi connectivity index (χ1v) is 13.9. The van der Waals surface area contributed by atoms with Crippen LogP contribution in [0.4, 0.5) is 0 Å². The highest BCUT2D eigenvalue weighted by Gasteiger charge is 2.39. The molecule has 2 aromatic rings. The van der Waals surface area contributed by atoms with E-state index in [0.717, 1.165) is 42.0 Å². The first kappa shape index (κ1) is 27.8. The van der Waals surface area contributed by atoms with Crippen molar-refractivity contribution in [3.63, 3.8) is 0 Å². The van der Waals surface area contributed by atoms with Gasteiger partial charge in [-0.25, -0.2) is 4.79 Å². The largest absolute Gasteiger partial charge is 0.500 e. The molecule has 7 heteroatoms. The van der Waals surface area contributed by atoms with Crippen LogP contribution in [0.25, 0.3) is 17.2 Å². The van der Waals surface area contributed by atoms with Crippen molar-refractivity contribution in [3.05, 3.63) is 59.7 Å². The van der Waals surface area contributed by atoms with Crippen LogP contribution in [-0.4, -0.2) is 48.8 Å². The van der Waals surface area contributed by atoms with Gasteiger partial charge in [0.15, 0.2) is 0 Å². The lowest BCUT2D eigenvalue weighted by atomic mass is 10.00. The summed E-state index contributed by atoms with van der Waals surface area (Å²) in [6.07, 6.45) is 6.13. The molecule has 0 heterocycles. The first-order valence-electron chi connectivity index (χ1n) is 12.0. The van der Waals surface area contributed by atoms with Crippen molar-refractivity contribution in [3.8, 4) is 16.9 Å². The Labute approximate surface area is 205 Å². The third-order valence-electron chi connectivity index (χ3n) is 5.41. The monoisotopic (exact) mass is 486 g/mol. The van der Waals surface area contributed by atoms with E-state index in [0.29, 0.717) is 25.6 Å². The SMILES string of the molecule is CCO[Si](CCCCc1ccc(-c2ccc(C=CC(=O)OC)c(OC)c2)cc1)(OCC)OCC. The smallest absolute Gasteiger partial charge is 0.496 e. The number of carbonyl (C=O) groups is 1. The second kappa shape index (κ2) is 14.7. The van der Waals surface area contributed by atoms with Gasteiger partial charge in [0, 0.05) is 37.5 Å². The van der Waals surface area contributed by atoms with Gasteiger partial charge in [0.2, 0.25) is 0 Å². The van der Waals surface area contributed by atoms with Crippen molar-refractivity contribution < 1.29 is 27.5 Å². The van der Waals surface area contributed by atoms with Gasteiger partial charge >= 0.3 is 14.8 Å². The first-order chi connectivity index (χ1) is 16.5. The molecule has 0 aliphatic carbocycles. The van der Waals surface area contributed by atoms with E-state index in [-0.39, 0.29) is 0 Å². The van der Waals surface area contributed by atoms with E-state index in [1.165, 1.54) is 18.7 Å². The molecule has 0 amide bonds. The fourth-order valence-electron chi connectivity index (χ4n) is 3.79. The summed E-state index contributed by atoms with van der Waals surface area (Å²) in [6.45, 7) is 7.81. The summed E-state index contributed by atoms with van der Waals surface area (Å²) in [5, 5.41) is 0. The highest BCUT2D eigenvalue weighted by atomic mass is 28.4. The molecule has 0 bridgehead atoms. The summed E-state index contributed by atoms with van der Waals surface area (Å²) < 4.78 is 28.0. The van der Waals surface area contributed by atoms with Crippen LogP contribution in [0.5, 0.6) is 5.75 Å². The van der Waals surface area contributed by atoms with Crippen LogP contribution in [0.2, 0.25) is 6.04 Å². The Kier molecular flexibility index (Phi) is 12.0. The zero-order valence-corrected chi connectivity index (χ0v) is 22.1. The van der Waals surface area contributed by atoms with Crippen LogP contribution in [0, 0.1) is 0 Å². The molecule has 0 spiro atoms. The number of ether oxygens (including phenoxy) is 2. The number of aryl methyl sites for hydroxylation is 1. The number of benzene rings is 2. The van der Waals surface area contributed by atoms with Crippen molar-refractivity contribution >= 4 is 20.8 Å². The zero-order valence-electron chi connectivity index (χ0n) is 21.1. The maximum Gasteiger partial charge on any atom is 0.500 e. The molecule has 34 heavy (non-hydrogen) atoms. The molecule has 0 aromatic heterocycles. The third kappa shape index (κ3) is 8.40. The zero-order chi connectivity index (χ0) is 24.8. The number of methoxy groups -OCH3 is 2. The van der Waals surface area contributed by atoms with Gasteiger partial charge in [0.25, 0.3) is 0 Å². The lowest BCUT2D eigenvalue weighted by Gasteiger charge is -2.28. The van der Waals surface area contributed by atoms with E-state index >= 15 is 0 Å². The number of esters is 1. The number of hydrogen-bond donors (Lipinski definition) is 0. The molecular weight excluding hydrogens is 448 g/mol. The average molecular weight is 487 g/mol. The molecular formula is C27H38O6Si. The van der Waals surface area contributed by atoms with Gasteiger partial charge in [-0.2, -0.15) is 0 Å². The molecule has 6 nitrogen and oxygen atoms in total. The molecule has 2 aromatic carbocycles. The summed E-state index contributed by atoms with van der Waals surface area (Å²) in [5.74, 6) is 0.302. The van der Waals surface area contributed by atoms with Crippen molar-refractivity contribution in [2.24, 2.45) is 0 Å². The van der Waals surface area contributed by atoms with Gasteiger partial charge in [-0.3, -0.25) is 0 Å². The van der Waals surface area contributed by atoms with Crippen LogP contribution in [0.1, 0.15) is 44.7 Å². The predicted molar refractivity (Wildman–Crippen MR) is 138 cm³/mol. The highest BCUT2D eigenvalue weighted by molar-refractivity contribution is 6.60. The lowest BCUT2D eigenvalue weighted by Crippen LogP contribution is -2.45. The molecule has 0 N–H and O–H groups in total. The quantitative estimate of drug-likeness (QED) is 0.135. The summed E-state index contributed by atoms with van der Waals surface area (Å²) in [5.41, 5.74) is 4.28. The molecule has 0 saturated heterocycles. The Morgan fingerprint density at radius 3 is 2.03 bits per heavy atom. The van der Waals surface area contributed by atoms with Crippen LogP contribution < -0.4 is 4.74 Å². The van der Waals surface area contributed by atoms with Crippen molar-refractivity contribution in [2.45, 2.75) is 46.1 Å². The maximum atomic E-state index is 11.4. The summed E-state index contributed by atoms with van der Waals surface area (Å²) in [7, 11) is 0.421. The average Bonchev–Trinajstić information content (AvgIpc) is 2.86. The van der Waals surface area contributed by atoms with Crippen LogP contribution in [0.3, 0.4) is 0 Å². The van der Waals surface area contributed by atoms with Gasteiger partial charge in [-0.1, -0.05) is 36.4 Å². The molecule has 0 aliphatic rings. The van der Waals surface area contributed by atoms with Crippen molar-refractivity contribution in [2.75, 3.05) is 34.0 Å². The fourth-order valence-corrected chi connectivity index (χ4v) is 6.48. The maximum absolute atomic E-state index is 11.4. The number of unbranched alkanes of at least 4 members (excludes halogenated alkanes) is 1. The fraction of sp³-hybridized carbons (Fsp3) is 0.444. The van der Waals surface area contributed by atoms with Gasteiger partial charge in [-0.05, 0) is 68.9 Å². The topological polar surface area (TPSA) is 63.2 Å². The number of rotatable bonds is 15. The second-order valence-corrected chi connectivity index (χ2v) is 10.4. The number of carbonyl (C=O) groups excluding carboxylic acids is 1. The Bertz CT molecular complexity index is 893.